The smallest absolute Gasteiger partial charge is 0.163 e. The third kappa shape index (κ3) is 2.88. The molecule has 0 aliphatic rings. The highest BCUT2D eigenvalue weighted by molar-refractivity contribution is 5.48. The van der Waals surface area contributed by atoms with Crippen molar-refractivity contribution in [1.29, 1.82) is 0 Å². The molecule has 0 spiro atoms. The molecule has 15 heavy (non-hydrogen) atoms. The molecule has 0 radical (unpaired) electrons. The van der Waals surface area contributed by atoms with Gasteiger partial charge in [-0.1, -0.05) is 19.4 Å². The Morgan fingerprint density at radius 2 is 1.87 bits per heavy atom. The van der Waals surface area contributed by atoms with Crippen molar-refractivity contribution < 1.29 is 9.47 Å². The number of hydrogen-bond donors (Lipinski definition) is 0. The third-order valence-corrected chi connectivity index (χ3v) is 2.54. The van der Waals surface area contributed by atoms with Crippen molar-refractivity contribution in [1.82, 2.24) is 0 Å². The van der Waals surface area contributed by atoms with E-state index in [1.807, 2.05) is 0 Å². The first-order chi connectivity index (χ1) is 7.22. The Morgan fingerprint density at radius 1 is 1.13 bits per heavy atom. The van der Waals surface area contributed by atoms with E-state index in [0.29, 0.717) is 0 Å². The molecule has 0 aliphatic carbocycles. The van der Waals surface area contributed by atoms with Gasteiger partial charge in [0, 0.05) is 0 Å². The molecule has 0 saturated heterocycles. The van der Waals surface area contributed by atoms with Crippen LogP contribution in [0.15, 0.2) is 12.1 Å². The van der Waals surface area contributed by atoms with Crippen LogP contribution in [0.25, 0.3) is 0 Å². The van der Waals surface area contributed by atoms with Gasteiger partial charge in [0.15, 0.2) is 11.5 Å². The molecule has 2 heteroatoms. The zero-order valence-electron chi connectivity index (χ0n) is 10.1. The fraction of sp³-hybridized carbons (Fsp3) is 0.538. The molecule has 0 fully saturated rings. The molecule has 1 rings (SSSR count). The van der Waals surface area contributed by atoms with Gasteiger partial charge in [-0.25, -0.2) is 0 Å². The first-order valence-electron chi connectivity index (χ1n) is 5.44. The largest absolute Gasteiger partial charge is 0.493 e. The van der Waals surface area contributed by atoms with Gasteiger partial charge in [0.05, 0.1) is 14.2 Å². The summed E-state index contributed by atoms with van der Waals surface area (Å²) in [5, 5.41) is 0. The Morgan fingerprint density at radius 3 is 2.40 bits per heavy atom. The van der Waals surface area contributed by atoms with Gasteiger partial charge in [-0.3, -0.25) is 0 Å². The topological polar surface area (TPSA) is 18.5 Å². The van der Waals surface area contributed by atoms with E-state index in [9.17, 15) is 0 Å². The predicted molar refractivity (Wildman–Crippen MR) is 62.9 cm³/mol. The van der Waals surface area contributed by atoms with Crippen molar-refractivity contribution in [3.63, 3.8) is 0 Å². The van der Waals surface area contributed by atoms with Crippen molar-refractivity contribution >= 4 is 0 Å². The molecular weight excluding hydrogens is 188 g/mol. The average molecular weight is 208 g/mol. The van der Waals surface area contributed by atoms with Crippen LogP contribution in [0.5, 0.6) is 11.5 Å². The Kier molecular flexibility index (Phi) is 4.47. The Balaban J connectivity index is 2.97. The van der Waals surface area contributed by atoms with Crippen molar-refractivity contribution in [2.75, 3.05) is 14.2 Å². The number of rotatable bonds is 5. The second-order valence-corrected chi connectivity index (χ2v) is 3.75. The zero-order chi connectivity index (χ0) is 11.3. The second-order valence-electron chi connectivity index (χ2n) is 3.75. The minimum absolute atomic E-state index is 0.837. The van der Waals surface area contributed by atoms with Crippen LogP contribution in [0.1, 0.15) is 30.9 Å². The molecule has 0 unspecified atom stereocenters. The van der Waals surface area contributed by atoms with E-state index < -0.39 is 0 Å². The lowest BCUT2D eigenvalue weighted by molar-refractivity contribution is 0.352. The van der Waals surface area contributed by atoms with Gasteiger partial charge >= 0.3 is 0 Å². The highest BCUT2D eigenvalue weighted by atomic mass is 16.5. The highest BCUT2D eigenvalue weighted by Gasteiger charge is 2.08. The summed E-state index contributed by atoms with van der Waals surface area (Å²) in [4.78, 5) is 0. The number of methoxy groups -OCH3 is 2. The van der Waals surface area contributed by atoms with Crippen molar-refractivity contribution in [3.05, 3.63) is 23.3 Å². The fourth-order valence-electron chi connectivity index (χ4n) is 1.75. The van der Waals surface area contributed by atoms with Crippen LogP contribution in [-0.4, -0.2) is 14.2 Å². The van der Waals surface area contributed by atoms with E-state index in [2.05, 4.69) is 26.0 Å². The summed E-state index contributed by atoms with van der Waals surface area (Å²) in [7, 11) is 3.36. The number of aryl methyl sites for hydroxylation is 2. The molecule has 0 N–H and O–H groups in total. The summed E-state index contributed by atoms with van der Waals surface area (Å²) < 4.78 is 10.6. The van der Waals surface area contributed by atoms with E-state index in [4.69, 9.17) is 9.47 Å². The van der Waals surface area contributed by atoms with Crippen molar-refractivity contribution in [2.24, 2.45) is 0 Å². The van der Waals surface area contributed by atoms with Gasteiger partial charge in [0.1, 0.15) is 0 Å². The number of benzene rings is 1. The van der Waals surface area contributed by atoms with Gasteiger partial charge < -0.3 is 9.47 Å². The van der Waals surface area contributed by atoms with Gasteiger partial charge in [0.25, 0.3) is 0 Å². The summed E-state index contributed by atoms with van der Waals surface area (Å²) in [5.41, 5.74) is 2.47. The lowest BCUT2D eigenvalue weighted by Gasteiger charge is -2.12. The van der Waals surface area contributed by atoms with Gasteiger partial charge in [-0.05, 0) is 37.0 Å². The maximum atomic E-state index is 5.31. The van der Waals surface area contributed by atoms with Crippen LogP contribution in [-0.2, 0) is 6.42 Å². The predicted octanol–water partition coefficient (Wildman–Crippen LogP) is 3.35. The molecule has 84 valence electrons. The molecule has 1 aromatic rings. The first-order valence-corrected chi connectivity index (χ1v) is 5.44. The Hall–Kier alpha value is -1.18. The number of ether oxygens (including phenoxy) is 2. The summed E-state index contributed by atoms with van der Waals surface area (Å²) in [6, 6.07) is 4.25. The SMILES string of the molecule is CCCCc1cc(C)c(OC)c(OC)c1. The molecule has 2 nitrogen and oxygen atoms in total. The Bertz CT molecular complexity index is 319. The molecule has 0 bridgehead atoms. The minimum Gasteiger partial charge on any atom is -0.493 e. The second kappa shape index (κ2) is 5.64. The quantitative estimate of drug-likeness (QED) is 0.738. The number of hydrogen-bond acceptors (Lipinski definition) is 2. The molecule has 0 saturated carbocycles. The van der Waals surface area contributed by atoms with Crippen LogP contribution in [0, 0.1) is 6.92 Å². The van der Waals surface area contributed by atoms with Crippen LogP contribution in [0.2, 0.25) is 0 Å². The standard InChI is InChI=1S/C13H20O2/c1-5-6-7-11-8-10(2)13(15-4)12(9-11)14-3/h8-9H,5-7H2,1-4H3. The molecular formula is C13H20O2. The van der Waals surface area contributed by atoms with Gasteiger partial charge in [0.2, 0.25) is 0 Å². The van der Waals surface area contributed by atoms with Crippen molar-refractivity contribution in [2.45, 2.75) is 33.1 Å². The molecule has 0 amide bonds. The van der Waals surface area contributed by atoms with Crippen LogP contribution < -0.4 is 9.47 Å². The van der Waals surface area contributed by atoms with E-state index in [1.165, 1.54) is 18.4 Å². The Labute approximate surface area is 92.2 Å². The normalized spacial score (nSPS) is 10.1. The molecule has 0 heterocycles. The molecule has 1 aromatic carbocycles. The monoisotopic (exact) mass is 208 g/mol. The summed E-state index contributed by atoms with van der Waals surface area (Å²) in [5.74, 6) is 1.68. The highest BCUT2D eigenvalue weighted by Crippen LogP contribution is 2.32. The average Bonchev–Trinajstić information content (AvgIpc) is 2.25. The summed E-state index contributed by atoms with van der Waals surface area (Å²) >= 11 is 0. The van der Waals surface area contributed by atoms with Crippen molar-refractivity contribution in [3.8, 4) is 11.5 Å². The summed E-state index contributed by atoms with van der Waals surface area (Å²) in [6.45, 7) is 4.25. The zero-order valence-corrected chi connectivity index (χ0v) is 10.1. The fourth-order valence-corrected chi connectivity index (χ4v) is 1.75. The van der Waals surface area contributed by atoms with E-state index >= 15 is 0 Å². The number of unbranched alkanes of at least 4 members (excludes halogenated alkanes) is 1. The lowest BCUT2D eigenvalue weighted by Crippen LogP contribution is -1.96. The molecule has 0 atom stereocenters. The van der Waals surface area contributed by atoms with Gasteiger partial charge in [-0.15, -0.1) is 0 Å². The molecule has 0 aliphatic heterocycles. The van der Waals surface area contributed by atoms with Crippen LogP contribution >= 0.6 is 0 Å². The maximum Gasteiger partial charge on any atom is 0.163 e. The minimum atomic E-state index is 0.837. The first kappa shape index (κ1) is 11.9. The molecule has 0 aromatic heterocycles. The van der Waals surface area contributed by atoms with E-state index in [-0.39, 0.29) is 0 Å². The van der Waals surface area contributed by atoms with E-state index in [0.717, 1.165) is 23.5 Å². The lowest BCUT2D eigenvalue weighted by atomic mass is 10.0. The summed E-state index contributed by atoms with van der Waals surface area (Å²) in [6.07, 6.45) is 3.54. The van der Waals surface area contributed by atoms with Crippen LogP contribution in [0.3, 0.4) is 0 Å². The maximum absolute atomic E-state index is 5.31. The van der Waals surface area contributed by atoms with E-state index in [1.54, 1.807) is 14.2 Å². The van der Waals surface area contributed by atoms with Crippen LogP contribution in [0.4, 0.5) is 0 Å². The third-order valence-electron chi connectivity index (χ3n) is 2.54. The van der Waals surface area contributed by atoms with Gasteiger partial charge in [-0.2, -0.15) is 0 Å².